The summed E-state index contributed by atoms with van der Waals surface area (Å²) in [6.45, 7) is 10.6. The maximum Gasteiger partial charge on any atom is 0.224 e. The molecule has 0 aromatic rings. The molecule has 1 aliphatic heterocycles. The second-order valence-corrected chi connectivity index (χ2v) is 5.32. The lowest BCUT2D eigenvalue weighted by molar-refractivity contribution is -0.134. The Morgan fingerprint density at radius 3 is 2.74 bits per heavy atom. The lowest BCUT2D eigenvalue weighted by atomic mass is 9.89. The molecule has 0 aromatic heterocycles. The molecule has 2 atom stereocenters. The molecular weight excluding hydrogens is 240 g/mol. The molecule has 19 heavy (non-hydrogen) atoms. The normalized spacial score (nSPS) is 23.6. The first-order chi connectivity index (χ1) is 9.22. The van der Waals surface area contributed by atoms with Crippen molar-refractivity contribution in [3.05, 3.63) is 0 Å². The number of piperidine rings is 1. The van der Waals surface area contributed by atoms with Crippen LogP contribution in [0.2, 0.25) is 0 Å². The van der Waals surface area contributed by atoms with Gasteiger partial charge >= 0.3 is 0 Å². The minimum Gasteiger partial charge on any atom is -0.381 e. The van der Waals surface area contributed by atoms with Crippen molar-refractivity contribution in [1.82, 2.24) is 10.2 Å². The number of nitrogens with zero attached hydrogens (tertiary/aromatic N) is 1. The van der Waals surface area contributed by atoms with Crippen LogP contribution in [0.15, 0.2) is 0 Å². The van der Waals surface area contributed by atoms with E-state index in [1.54, 1.807) is 0 Å². The second kappa shape index (κ2) is 9.32. The van der Waals surface area contributed by atoms with Crippen LogP contribution in [0.5, 0.6) is 0 Å². The van der Waals surface area contributed by atoms with E-state index in [1.807, 2.05) is 4.90 Å². The zero-order chi connectivity index (χ0) is 14.1. The molecular formula is C15H30N2O2. The first-order valence-electron chi connectivity index (χ1n) is 7.81. The lowest BCUT2D eigenvalue weighted by Gasteiger charge is -2.38. The summed E-state index contributed by atoms with van der Waals surface area (Å²) in [5.74, 6) is 0.846. The predicted molar refractivity (Wildman–Crippen MR) is 78.2 cm³/mol. The largest absolute Gasteiger partial charge is 0.381 e. The van der Waals surface area contributed by atoms with Gasteiger partial charge in [-0.25, -0.2) is 0 Å². The van der Waals surface area contributed by atoms with E-state index >= 15 is 0 Å². The van der Waals surface area contributed by atoms with Gasteiger partial charge < -0.3 is 15.0 Å². The highest BCUT2D eigenvalue weighted by Gasteiger charge is 2.29. The molecule has 1 saturated heterocycles. The van der Waals surface area contributed by atoms with Crippen LogP contribution in [-0.4, -0.2) is 49.7 Å². The van der Waals surface area contributed by atoms with E-state index in [0.29, 0.717) is 25.0 Å². The molecule has 4 heteroatoms. The Labute approximate surface area is 117 Å². The Morgan fingerprint density at radius 1 is 1.32 bits per heavy atom. The monoisotopic (exact) mass is 270 g/mol. The van der Waals surface area contributed by atoms with Crippen LogP contribution in [-0.2, 0) is 9.53 Å². The molecule has 1 fully saturated rings. The summed E-state index contributed by atoms with van der Waals surface area (Å²) < 4.78 is 5.40. The Kier molecular flexibility index (Phi) is 8.07. The van der Waals surface area contributed by atoms with Crippen LogP contribution in [0.3, 0.4) is 0 Å². The van der Waals surface area contributed by atoms with Gasteiger partial charge in [-0.1, -0.05) is 27.2 Å². The summed E-state index contributed by atoms with van der Waals surface area (Å²) in [6.07, 6.45) is 3.75. The summed E-state index contributed by atoms with van der Waals surface area (Å²) in [6, 6.07) is 0.579. The third-order valence-corrected chi connectivity index (χ3v) is 3.89. The average Bonchev–Trinajstić information content (AvgIpc) is 2.44. The number of hydrogen-bond acceptors (Lipinski definition) is 3. The summed E-state index contributed by atoms with van der Waals surface area (Å²) in [5, 5.41) is 3.54. The highest BCUT2D eigenvalue weighted by atomic mass is 16.5. The molecule has 0 bridgehead atoms. The molecule has 1 aliphatic rings. The first kappa shape index (κ1) is 16.4. The molecule has 0 saturated carbocycles. The van der Waals surface area contributed by atoms with E-state index in [2.05, 4.69) is 26.1 Å². The maximum absolute atomic E-state index is 12.1. The van der Waals surface area contributed by atoms with Gasteiger partial charge in [-0.3, -0.25) is 4.79 Å². The molecule has 0 radical (unpaired) electrons. The van der Waals surface area contributed by atoms with Gasteiger partial charge in [-0.15, -0.1) is 0 Å². The molecule has 0 aliphatic carbocycles. The third kappa shape index (κ3) is 5.49. The van der Waals surface area contributed by atoms with Crippen LogP contribution >= 0.6 is 0 Å². The molecule has 112 valence electrons. The van der Waals surface area contributed by atoms with Crippen molar-refractivity contribution in [2.24, 2.45) is 5.92 Å². The number of rotatable bonds is 8. The highest BCUT2D eigenvalue weighted by Crippen LogP contribution is 2.20. The fourth-order valence-corrected chi connectivity index (χ4v) is 2.77. The van der Waals surface area contributed by atoms with Gasteiger partial charge in [-0.05, 0) is 25.3 Å². The molecule has 2 unspecified atom stereocenters. The zero-order valence-electron chi connectivity index (χ0n) is 12.8. The van der Waals surface area contributed by atoms with E-state index in [4.69, 9.17) is 4.74 Å². The Hall–Kier alpha value is -0.610. The van der Waals surface area contributed by atoms with Crippen LogP contribution in [0.25, 0.3) is 0 Å². The molecule has 1 heterocycles. The van der Waals surface area contributed by atoms with Crippen LogP contribution < -0.4 is 5.32 Å². The van der Waals surface area contributed by atoms with Crippen molar-refractivity contribution in [2.75, 3.05) is 32.8 Å². The minimum absolute atomic E-state index is 0.254. The molecule has 1 rings (SSSR count). The van der Waals surface area contributed by atoms with Crippen molar-refractivity contribution in [3.63, 3.8) is 0 Å². The Morgan fingerprint density at radius 2 is 2.11 bits per heavy atom. The minimum atomic E-state index is 0.254. The predicted octanol–water partition coefficient (Wildman–Crippen LogP) is 2.04. The first-order valence-corrected chi connectivity index (χ1v) is 7.81. The van der Waals surface area contributed by atoms with Gasteiger partial charge in [0.2, 0.25) is 5.91 Å². The number of ether oxygens (including phenoxy) is 1. The van der Waals surface area contributed by atoms with Gasteiger partial charge in [0, 0.05) is 25.7 Å². The fraction of sp³-hybridized carbons (Fsp3) is 0.933. The van der Waals surface area contributed by atoms with Crippen molar-refractivity contribution in [2.45, 2.75) is 52.5 Å². The number of likely N-dealkylation sites (tertiary alicyclic amines) is 1. The number of carbonyl (C=O) groups is 1. The lowest BCUT2D eigenvalue weighted by Crippen LogP contribution is -2.51. The van der Waals surface area contributed by atoms with Gasteiger partial charge in [0.05, 0.1) is 13.0 Å². The van der Waals surface area contributed by atoms with E-state index < -0.39 is 0 Å². The average molecular weight is 270 g/mol. The van der Waals surface area contributed by atoms with Crippen LogP contribution in [0.1, 0.15) is 46.5 Å². The third-order valence-electron chi connectivity index (χ3n) is 3.89. The Balaban J connectivity index is 2.33. The molecule has 1 N–H and O–H groups in total. The van der Waals surface area contributed by atoms with E-state index in [0.717, 1.165) is 45.5 Å². The van der Waals surface area contributed by atoms with Crippen LogP contribution in [0.4, 0.5) is 0 Å². The van der Waals surface area contributed by atoms with E-state index in [9.17, 15) is 4.79 Å². The van der Waals surface area contributed by atoms with Crippen molar-refractivity contribution in [3.8, 4) is 0 Å². The smallest absolute Gasteiger partial charge is 0.224 e. The van der Waals surface area contributed by atoms with Gasteiger partial charge in [0.1, 0.15) is 0 Å². The highest BCUT2D eigenvalue weighted by molar-refractivity contribution is 5.76. The standard InChI is InChI=1S/C15H30N2O2/c1-4-10-19-11-8-15(18)17-9-7-14(16-6-3)13(5-2)12-17/h13-14,16H,4-12H2,1-3H3. The summed E-state index contributed by atoms with van der Waals surface area (Å²) in [4.78, 5) is 14.1. The summed E-state index contributed by atoms with van der Waals surface area (Å²) >= 11 is 0. The maximum atomic E-state index is 12.1. The van der Waals surface area contributed by atoms with Crippen molar-refractivity contribution < 1.29 is 9.53 Å². The summed E-state index contributed by atoms with van der Waals surface area (Å²) in [7, 11) is 0. The summed E-state index contributed by atoms with van der Waals surface area (Å²) in [5.41, 5.74) is 0. The molecule has 4 nitrogen and oxygen atoms in total. The number of nitrogens with one attached hydrogen (secondary N) is 1. The molecule has 0 spiro atoms. The molecule has 1 amide bonds. The quantitative estimate of drug-likeness (QED) is 0.686. The topological polar surface area (TPSA) is 41.6 Å². The zero-order valence-corrected chi connectivity index (χ0v) is 12.8. The number of carbonyl (C=O) groups excluding carboxylic acids is 1. The fourth-order valence-electron chi connectivity index (χ4n) is 2.77. The van der Waals surface area contributed by atoms with Gasteiger partial charge in [0.25, 0.3) is 0 Å². The molecule has 0 aromatic carbocycles. The number of amides is 1. The van der Waals surface area contributed by atoms with E-state index in [1.165, 1.54) is 0 Å². The van der Waals surface area contributed by atoms with Crippen LogP contribution in [0, 0.1) is 5.92 Å². The van der Waals surface area contributed by atoms with Crippen molar-refractivity contribution in [1.29, 1.82) is 0 Å². The Bertz CT molecular complexity index is 259. The number of hydrogen-bond donors (Lipinski definition) is 1. The van der Waals surface area contributed by atoms with Gasteiger partial charge in [0.15, 0.2) is 0 Å². The van der Waals surface area contributed by atoms with E-state index in [-0.39, 0.29) is 5.91 Å². The SMILES string of the molecule is CCCOCCC(=O)N1CCC(NCC)C(CC)C1. The van der Waals surface area contributed by atoms with Gasteiger partial charge in [-0.2, -0.15) is 0 Å². The van der Waals surface area contributed by atoms with Crippen molar-refractivity contribution >= 4 is 5.91 Å². The second-order valence-electron chi connectivity index (χ2n) is 5.32.